The molecule has 0 atom stereocenters. The van der Waals surface area contributed by atoms with Gasteiger partial charge in [0, 0.05) is 28.4 Å². The van der Waals surface area contributed by atoms with Crippen molar-refractivity contribution in [1.82, 2.24) is 15.0 Å². The largest absolute Gasteiger partial charge is 0.494 e. The number of H-pyrrole nitrogens is 1. The van der Waals surface area contributed by atoms with Crippen LogP contribution < -0.4 is 14.8 Å². The third kappa shape index (κ3) is 7.50. The molecule has 1 saturated carbocycles. The fourth-order valence-electron chi connectivity index (χ4n) is 5.20. The Balaban J connectivity index is 1.40. The minimum Gasteiger partial charge on any atom is -0.494 e. The number of fused-ring (bicyclic) bond motifs is 1. The summed E-state index contributed by atoms with van der Waals surface area (Å²) >= 11 is 12.7. The number of nitrogens with one attached hydrogen (secondary N) is 3. The van der Waals surface area contributed by atoms with Crippen LogP contribution in [0.4, 0.5) is 0 Å². The van der Waals surface area contributed by atoms with Crippen LogP contribution in [0.25, 0.3) is 10.9 Å². The third-order valence-corrected chi connectivity index (χ3v) is 9.40. The van der Waals surface area contributed by atoms with Gasteiger partial charge >= 0.3 is 0 Å². The van der Waals surface area contributed by atoms with Gasteiger partial charge in [0.15, 0.2) is 0 Å². The molecule has 8 nitrogen and oxygen atoms in total. The molecule has 1 fully saturated rings. The summed E-state index contributed by atoms with van der Waals surface area (Å²) in [6, 6.07) is 9.02. The molecule has 0 unspecified atom stereocenters. The molecule has 0 spiro atoms. The van der Waals surface area contributed by atoms with E-state index in [1.165, 1.54) is 0 Å². The maximum absolute atomic E-state index is 13.2. The first-order valence-electron chi connectivity index (χ1n) is 13.6. The number of benzene rings is 2. The Morgan fingerprint density at radius 2 is 1.77 bits per heavy atom. The number of hydrogen-bond acceptors (Lipinski definition) is 5. The molecule has 1 aromatic heterocycles. The summed E-state index contributed by atoms with van der Waals surface area (Å²) in [5.41, 5.74) is 3.24. The van der Waals surface area contributed by atoms with E-state index in [1.54, 1.807) is 18.2 Å². The average molecular weight is 609 g/mol. The fraction of sp³-hybridized carbons (Fsp3) is 0.448. The van der Waals surface area contributed by atoms with Crippen molar-refractivity contribution in [2.24, 2.45) is 5.92 Å². The summed E-state index contributed by atoms with van der Waals surface area (Å²) < 4.78 is 33.5. The van der Waals surface area contributed by atoms with E-state index in [4.69, 9.17) is 27.9 Å². The molecule has 0 saturated heterocycles. The molecular formula is C29H35Cl2N3O5S. The highest BCUT2D eigenvalue weighted by Gasteiger charge is 2.25. The maximum Gasteiger partial charge on any atom is 0.281 e. The molecule has 1 aliphatic rings. The highest BCUT2D eigenvalue weighted by molar-refractivity contribution is 7.90. The quantitative estimate of drug-likeness (QED) is 0.236. The molecule has 40 heavy (non-hydrogen) atoms. The van der Waals surface area contributed by atoms with Crippen LogP contribution in [-0.2, 0) is 21.2 Å². The van der Waals surface area contributed by atoms with Gasteiger partial charge in [-0.05, 0) is 80.5 Å². The lowest BCUT2D eigenvalue weighted by atomic mass is 9.89. The zero-order valence-electron chi connectivity index (χ0n) is 22.7. The number of ether oxygens (including phenoxy) is 1. The topological polar surface area (TPSA) is 117 Å². The van der Waals surface area contributed by atoms with Crippen LogP contribution in [0.2, 0.25) is 10.0 Å². The van der Waals surface area contributed by atoms with Crippen molar-refractivity contribution in [2.75, 3.05) is 18.9 Å². The molecule has 3 N–H and O–H groups in total. The molecule has 216 valence electrons. The standard InChI is InChI=1S/C29H35Cl2N3O5S/c1-18-16-21(17-19(2)26(18)31)39-14-7-10-22-25-23(30)11-6-12-24(25)33-27(22)29(36)34-40(37,38)15-13-32-28(35)20-8-4-3-5-9-20/h6,11-12,16-17,20,33H,3-5,7-10,13-15H2,1-2H3,(H,32,35)(H,34,36). The molecule has 0 bridgehead atoms. The lowest BCUT2D eigenvalue weighted by molar-refractivity contribution is -0.125. The van der Waals surface area contributed by atoms with E-state index in [1.807, 2.05) is 26.0 Å². The highest BCUT2D eigenvalue weighted by Crippen LogP contribution is 2.31. The monoisotopic (exact) mass is 607 g/mol. The van der Waals surface area contributed by atoms with E-state index in [0.29, 0.717) is 51.7 Å². The molecule has 0 radical (unpaired) electrons. The minimum atomic E-state index is -4.00. The molecule has 1 aliphatic carbocycles. The van der Waals surface area contributed by atoms with Gasteiger partial charge in [0.05, 0.1) is 17.4 Å². The van der Waals surface area contributed by atoms with Gasteiger partial charge in [-0.25, -0.2) is 13.1 Å². The molecule has 1 heterocycles. The molecule has 0 aliphatic heterocycles. The van der Waals surface area contributed by atoms with Gasteiger partial charge in [-0.2, -0.15) is 0 Å². The van der Waals surface area contributed by atoms with Crippen LogP contribution in [0.15, 0.2) is 30.3 Å². The van der Waals surface area contributed by atoms with Crippen molar-refractivity contribution in [3.8, 4) is 5.75 Å². The Morgan fingerprint density at radius 3 is 2.48 bits per heavy atom. The number of halogens is 2. The van der Waals surface area contributed by atoms with E-state index >= 15 is 0 Å². The zero-order valence-corrected chi connectivity index (χ0v) is 25.1. The van der Waals surface area contributed by atoms with E-state index in [9.17, 15) is 18.0 Å². The molecule has 4 rings (SSSR count). The fourth-order valence-corrected chi connectivity index (χ4v) is 6.46. The Labute approximate surface area is 245 Å². The number of carbonyl (C=O) groups excluding carboxylic acids is 2. The second kappa shape index (κ2) is 13.3. The Morgan fingerprint density at radius 1 is 1.07 bits per heavy atom. The van der Waals surface area contributed by atoms with Crippen molar-refractivity contribution in [2.45, 2.75) is 58.8 Å². The first-order chi connectivity index (χ1) is 19.1. The summed E-state index contributed by atoms with van der Waals surface area (Å²) in [5.74, 6) is -0.663. The molecule has 3 aromatic rings. The smallest absolute Gasteiger partial charge is 0.281 e. The van der Waals surface area contributed by atoms with Crippen molar-refractivity contribution in [1.29, 1.82) is 0 Å². The number of sulfonamides is 1. The Bertz CT molecular complexity index is 1470. The van der Waals surface area contributed by atoms with Gasteiger partial charge in [-0.1, -0.05) is 48.5 Å². The summed E-state index contributed by atoms with van der Waals surface area (Å²) in [7, 11) is -4.00. The molecule has 2 aromatic carbocycles. The van der Waals surface area contributed by atoms with Gasteiger partial charge in [0.25, 0.3) is 5.91 Å². The van der Waals surface area contributed by atoms with Gasteiger partial charge in [-0.3, -0.25) is 9.59 Å². The SMILES string of the molecule is Cc1cc(OCCCc2c(C(=O)NS(=O)(=O)CCNC(=O)C3CCCCC3)[nH]c3cccc(Cl)c23)cc(C)c1Cl. The number of aryl methyl sites for hydroxylation is 3. The van der Waals surface area contributed by atoms with Crippen LogP contribution in [0.3, 0.4) is 0 Å². The van der Waals surface area contributed by atoms with Crippen LogP contribution in [0, 0.1) is 19.8 Å². The maximum atomic E-state index is 13.2. The Hall–Kier alpha value is -2.75. The van der Waals surface area contributed by atoms with Crippen LogP contribution in [0.5, 0.6) is 5.75 Å². The first-order valence-corrected chi connectivity index (χ1v) is 16.0. The van der Waals surface area contributed by atoms with Gasteiger partial charge in [0.1, 0.15) is 11.4 Å². The summed E-state index contributed by atoms with van der Waals surface area (Å²) in [5, 5.41) is 4.54. The number of aromatic amines is 1. The number of aromatic nitrogens is 1. The van der Waals surface area contributed by atoms with Gasteiger partial charge < -0.3 is 15.0 Å². The number of hydrogen-bond donors (Lipinski definition) is 3. The van der Waals surface area contributed by atoms with E-state index < -0.39 is 21.7 Å². The van der Waals surface area contributed by atoms with Gasteiger partial charge in [0.2, 0.25) is 15.9 Å². The second-order valence-corrected chi connectivity index (χ2v) is 13.0. The van der Waals surface area contributed by atoms with Crippen LogP contribution in [-0.4, -0.2) is 44.1 Å². The van der Waals surface area contributed by atoms with E-state index in [-0.39, 0.29) is 24.1 Å². The predicted octanol–water partition coefficient (Wildman–Crippen LogP) is 5.86. The lowest BCUT2D eigenvalue weighted by Crippen LogP contribution is -2.39. The van der Waals surface area contributed by atoms with Crippen molar-refractivity contribution in [3.63, 3.8) is 0 Å². The molecular weight excluding hydrogens is 573 g/mol. The lowest BCUT2D eigenvalue weighted by Gasteiger charge is -2.20. The summed E-state index contributed by atoms with van der Waals surface area (Å²) in [6.45, 7) is 4.14. The highest BCUT2D eigenvalue weighted by atomic mass is 35.5. The number of carbonyl (C=O) groups is 2. The van der Waals surface area contributed by atoms with Crippen LogP contribution >= 0.6 is 23.2 Å². The number of amides is 2. The normalized spacial score (nSPS) is 14.3. The predicted molar refractivity (Wildman–Crippen MR) is 159 cm³/mol. The summed E-state index contributed by atoms with van der Waals surface area (Å²) in [4.78, 5) is 28.6. The van der Waals surface area contributed by atoms with E-state index in [0.717, 1.165) is 43.2 Å². The van der Waals surface area contributed by atoms with Crippen LogP contribution in [0.1, 0.15) is 65.7 Å². The first kappa shape index (κ1) is 30.2. The second-order valence-electron chi connectivity index (χ2n) is 10.3. The molecule has 11 heteroatoms. The minimum absolute atomic E-state index is 0.0652. The molecule has 2 amide bonds. The third-order valence-electron chi connectivity index (χ3n) is 7.25. The van der Waals surface area contributed by atoms with Crippen molar-refractivity contribution < 1.29 is 22.7 Å². The van der Waals surface area contributed by atoms with E-state index in [2.05, 4.69) is 15.0 Å². The van der Waals surface area contributed by atoms with Crippen molar-refractivity contribution in [3.05, 3.63) is 62.8 Å². The zero-order chi connectivity index (χ0) is 28.9. The summed E-state index contributed by atoms with van der Waals surface area (Å²) in [6.07, 6.45) is 5.77. The average Bonchev–Trinajstić information content (AvgIpc) is 3.30. The van der Waals surface area contributed by atoms with Gasteiger partial charge in [-0.15, -0.1) is 0 Å². The Kier molecular flexibility index (Phi) is 10.0. The van der Waals surface area contributed by atoms with Crippen molar-refractivity contribution >= 4 is 55.9 Å². The number of rotatable bonds is 11.